The molecule has 4 nitrogen and oxygen atoms in total. The van der Waals surface area contributed by atoms with E-state index in [9.17, 15) is 0 Å². The topological polar surface area (TPSA) is 69.3 Å². The molecule has 0 aromatic carbocycles. The largest absolute Gasteiger partial charge is 0.448 e. The van der Waals surface area contributed by atoms with Crippen LogP contribution in [-0.2, 0) is 4.74 Å². The number of ether oxygens (including phenoxy) is 1. The first kappa shape index (κ1) is 6.92. The van der Waals surface area contributed by atoms with Crippen molar-refractivity contribution in [2.45, 2.75) is 19.1 Å². The van der Waals surface area contributed by atoms with Gasteiger partial charge in [0.05, 0.1) is 0 Å². The van der Waals surface area contributed by atoms with Gasteiger partial charge in [0.1, 0.15) is 0 Å². The fourth-order valence-corrected chi connectivity index (χ4v) is 0.770. The molecule has 1 rings (SSSR count). The normalized spacial score (nSPS) is 31.5. The molecule has 0 radical (unpaired) electrons. The van der Waals surface area contributed by atoms with E-state index >= 15 is 0 Å². The molecule has 0 saturated carbocycles. The summed E-state index contributed by atoms with van der Waals surface area (Å²) in [5, 5.41) is 10.4. The summed E-state index contributed by atoms with van der Waals surface area (Å²) < 4.78 is 4.97. The Morgan fingerprint density at radius 2 is 2.50 bits per heavy atom. The fraction of sp³-hybridized carbons (Fsp3) is 0.500. The third kappa shape index (κ3) is 1.21. The average molecular weight is 139 g/mol. The summed E-state index contributed by atoms with van der Waals surface area (Å²) in [4.78, 5) is 0. The number of hydrogen-bond donors (Lipinski definition) is 2. The molecule has 0 saturated heterocycles. The van der Waals surface area contributed by atoms with Gasteiger partial charge in [-0.15, -0.1) is 5.11 Å². The highest BCUT2D eigenvalue weighted by Gasteiger charge is 2.25. The molecule has 54 valence electrons. The first-order valence-electron chi connectivity index (χ1n) is 2.99. The Morgan fingerprint density at radius 3 is 2.90 bits per heavy atom. The Kier molecular flexibility index (Phi) is 1.53. The highest BCUT2D eigenvalue weighted by Crippen LogP contribution is 2.19. The van der Waals surface area contributed by atoms with E-state index < -0.39 is 5.72 Å². The summed E-state index contributed by atoms with van der Waals surface area (Å²) in [6, 6.07) is 0. The van der Waals surface area contributed by atoms with Crippen molar-refractivity contribution in [1.29, 1.82) is 10.9 Å². The Hall–Kier alpha value is -1.19. The van der Waals surface area contributed by atoms with Crippen LogP contribution in [0.15, 0.2) is 17.3 Å². The number of nitrogens with zero attached hydrogens (tertiary/aromatic N) is 1. The van der Waals surface area contributed by atoms with Crippen LogP contribution in [0.25, 0.3) is 0 Å². The van der Waals surface area contributed by atoms with Crippen LogP contribution in [-0.4, -0.2) is 11.6 Å². The lowest BCUT2D eigenvalue weighted by Gasteiger charge is -2.24. The maximum absolute atomic E-state index is 7.13. The van der Waals surface area contributed by atoms with E-state index in [0.29, 0.717) is 6.42 Å². The molecule has 0 aromatic rings. The van der Waals surface area contributed by atoms with E-state index in [4.69, 9.17) is 15.7 Å². The smallest absolute Gasteiger partial charge is 0.236 e. The van der Waals surface area contributed by atoms with Crippen LogP contribution < -0.4 is 0 Å². The van der Waals surface area contributed by atoms with Crippen LogP contribution >= 0.6 is 0 Å². The van der Waals surface area contributed by atoms with Crippen molar-refractivity contribution < 1.29 is 4.74 Å². The van der Waals surface area contributed by atoms with Crippen LogP contribution in [0.5, 0.6) is 0 Å². The number of rotatable bonds is 1. The van der Waals surface area contributed by atoms with Gasteiger partial charge in [-0.25, -0.2) is 5.53 Å². The van der Waals surface area contributed by atoms with Crippen molar-refractivity contribution in [2.75, 3.05) is 0 Å². The van der Waals surface area contributed by atoms with Crippen molar-refractivity contribution in [3.05, 3.63) is 12.2 Å². The average Bonchev–Trinajstić information content (AvgIpc) is 1.88. The van der Waals surface area contributed by atoms with Gasteiger partial charge in [-0.05, 0) is 6.08 Å². The molecule has 0 aromatic heterocycles. The third-order valence-electron chi connectivity index (χ3n) is 1.28. The molecular weight excluding hydrogens is 130 g/mol. The highest BCUT2D eigenvalue weighted by atomic mass is 16.5. The molecule has 1 atom stereocenters. The van der Waals surface area contributed by atoms with Gasteiger partial charge in [0, 0.05) is 13.3 Å². The molecule has 0 spiro atoms. The van der Waals surface area contributed by atoms with Gasteiger partial charge in [-0.2, -0.15) is 0 Å². The Morgan fingerprint density at radius 1 is 1.80 bits per heavy atom. The lowest BCUT2D eigenvalue weighted by molar-refractivity contribution is 0.114. The summed E-state index contributed by atoms with van der Waals surface area (Å²) in [7, 11) is 0. The van der Waals surface area contributed by atoms with E-state index in [2.05, 4.69) is 5.11 Å². The lowest BCUT2D eigenvalue weighted by atomic mass is 10.2. The third-order valence-corrected chi connectivity index (χ3v) is 1.28. The van der Waals surface area contributed by atoms with Crippen molar-refractivity contribution >= 4 is 5.90 Å². The second kappa shape index (κ2) is 2.21. The van der Waals surface area contributed by atoms with Gasteiger partial charge >= 0.3 is 0 Å². The van der Waals surface area contributed by atoms with Gasteiger partial charge in [0.2, 0.25) is 5.72 Å². The van der Waals surface area contributed by atoms with E-state index in [1.165, 1.54) is 0 Å². The Bertz CT molecular complexity index is 199. The first-order chi connectivity index (χ1) is 4.66. The molecule has 4 heteroatoms. The standard InChI is InChI=1S/C6H9N3O/c1-6(9-8)4-2-3-5(7)10-6/h2,4,7-8H,3H2,1H3. The molecule has 1 aliphatic heterocycles. The van der Waals surface area contributed by atoms with Gasteiger partial charge in [-0.1, -0.05) is 6.08 Å². The zero-order valence-corrected chi connectivity index (χ0v) is 5.72. The highest BCUT2D eigenvalue weighted by molar-refractivity contribution is 5.76. The Labute approximate surface area is 58.9 Å². The van der Waals surface area contributed by atoms with Crippen LogP contribution in [0.3, 0.4) is 0 Å². The van der Waals surface area contributed by atoms with Crippen LogP contribution in [0, 0.1) is 10.9 Å². The van der Waals surface area contributed by atoms with Crippen LogP contribution in [0.4, 0.5) is 0 Å². The first-order valence-corrected chi connectivity index (χ1v) is 2.99. The molecule has 0 fully saturated rings. The molecule has 0 bridgehead atoms. The van der Waals surface area contributed by atoms with E-state index in [1.54, 1.807) is 19.1 Å². The summed E-state index contributed by atoms with van der Waals surface area (Å²) in [6.45, 7) is 1.64. The van der Waals surface area contributed by atoms with E-state index in [0.717, 1.165) is 0 Å². The quantitative estimate of drug-likeness (QED) is 0.421. The minimum atomic E-state index is -0.921. The van der Waals surface area contributed by atoms with Gasteiger partial charge in [0.25, 0.3) is 0 Å². The molecule has 2 N–H and O–H groups in total. The van der Waals surface area contributed by atoms with Crippen molar-refractivity contribution in [3.63, 3.8) is 0 Å². The maximum atomic E-state index is 7.13. The molecule has 1 heterocycles. The maximum Gasteiger partial charge on any atom is 0.236 e. The van der Waals surface area contributed by atoms with Crippen LogP contribution in [0.2, 0.25) is 0 Å². The zero-order valence-electron chi connectivity index (χ0n) is 5.72. The van der Waals surface area contributed by atoms with Gasteiger partial charge < -0.3 is 4.74 Å². The Balaban J connectivity index is 2.80. The molecular formula is C6H9N3O. The lowest BCUT2D eigenvalue weighted by Crippen LogP contribution is -2.28. The molecule has 1 aliphatic rings. The zero-order chi connectivity index (χ0) is 7.61. The van der Waals surface area contributed by atoms with Crippen LogP contribution in [0.1, 0.15) is 13.3 Å². The summed E-state index contributed by atoms with van der Waals surface area (Å²) in [5.41, 5.74) is 5.81. The van der Waals surface area contributed by atoms with E-state index in [1.807, 2.05) is 0 Å². The predicted octanol–water partition coefficient (Wildman–Crippen LogP) is 1.69. The van der Waals surface area contributed by atoms with E-state index in [-0.39, 0.29) is 5.90 Å². The second-order valence-electron chi connectivity index (χ2n) is 2.30. The van der Waals surface area contributed by atoms with Crippen molar-refractivity contribution in [3.8, 4) is 0 Å². The van der Waals surface area contributed by atoms with Gasteiger partial charge in [-0.3, -0.25) is 5.41 Å². The SMILES string of the molecule is CC1(N=N)C=CCC(=N)O1. The number of hydrogen-bond acceptors (Lipinski definition) is 4. The minimum absolute atomic E-state index is 0.168. The second-order valence-corrected chi connectivity index (χ2v) is 2.30. The predicted molar refractivity (Wildman–Crippen MR) is 36.1 cm³/mol. The summed E-state index contributed by atoms with van der Waals surface area (Å²) in [6.07, 6.45) is 3.97. The van der Waals surface area contributed by atoms with Crippen molar-refractivity contribution in [1.82, 2.24) is 0 Å². The monoisotopic (exact) mass is 139 g/mol. The fourth-order valence-electron chi connectivity index (χ4n) is 0.770. The minimum Gasteiger partial charge on any atom is -0.448 e. The summed E-state index contributed by atoms with van der Waals surface area (Å²) >= 11 is 0. The molecule has 0 aliphatic carbocycles. The molecule has 1 unspecified atom stereocenters. The van der Waals surface area contributed by atoms with Gasteiger partial charge in [0.15, 0.2) is 5.90 Å². The molecule has 10 heavy (non-hydrogen) atoms. The molecule has 0 amide bonds. The number of nitrogens with one attached hydrogen (secondary N) is 2. The van der Waals surface area contributed by atoms with Crippen molar-refractivity contribution in [2.24, 2.45) is 5.11 Å². The summed E-state index contributed by atoms with van der Waals surface area (Å²) in [5.74, 6) is 0.168.